The first-order valence-electron chi connectivity index (χ1n) is 9.46. The highest BCUT2D eigenvalue weighted by Crippen LogP contribution is 2.39. The van der Waals surface area contributed by atoms with Gasteiger partial charge in [0.1, 0.15) is 22.2 Å². The molecule has 1 aliphatic carbocycles. The molecule has 1 aliphatic rings. The Balaban J connectivity index is 1.68. The Bertz CT molecular complexity index is 1150. The minimum atomic E-state index is -1.57. The van der Waals surface area contributed by atoms with Crippen molar-refractivity contribution in [2.75, 3.05) is 11.1 Å². The Morgan fingerprint density at radius 3 is 2.77 bits per heavy atom. The van der Waals surface area contributed by atoms with E-state index in [-0.39, 0.29) is 5.75 Å². The number of fused-ring (bicyclic) bond motifs is 3. The Kier molecular flexibility index (Phi) is 6.57. The molecule has 2 N–H and O–H groups in total. The van der Waals surface area contributed by atoms with Crippen molar-refractivity contribution in [3.63, 3.8) is 0 Å². The van der Waals surface area contributed by atoms with Gasteiger partial charge in [-0.2, -0.15) is 0 Å². The predicted molar refractivity (Wildman–Crippen MR) is 122 cm³/mol. The highest BCUT2D eigenvalue weighted by molar-refractivity contribution is 7.84. The lowest BCUT2D eigenvalue weighted by Gasteiger charge is -2.13. The van der Waals surface area contributed by atoms with Crippen LogP contribution in [0.4, 0.5) is 5.82 Å². The third-order valence-corrected chi connectivity index (χ3v) is 7.95. The van der Waals surface area contributed by atoms with Gasteiger partial charge in [-0.3, -0.25) is 9.00 Å². The van der Waals surface area contributed by atoms with E-state index >= 15 is 0 Å². The summed E-state index contributed by atoms with van der Waals surface area (Å²) in [7, 11) is -1.57. The first-order chi connectivity index (χ1) is 14.4. The summed E-state index contributed by atoms with van der Waals surface area (Å²) in [6.45, 7) is 0.491. The summed E-state index contributed by atoms with van der Waals surface area (Å²) < 4.78 is 12.1. The quantitative estimate of drug-likeness (QED) is 0.500. The van der Waals surface area contributed by atoms with E-state index < -0.39 is 22.5 Å². The minimum Gasteiger partial charge on any atom is -0.481 e. The van der Waals surface area contributed by atoms with Crippen molar-refractivity contribution < 1.29 is 14.1 Å². The molecule has 1 atom stereocenters. The number of benzene rings is 1. The van der Waals surface area contributed by atoms with Gasteiger partial charge in [0.2, 0.25) is 0 Å². The van der Waals surface area contributed by atoms with Crippen LogP contribution in [-0.2, 0) is 40.7 Å². The fraction of sp³-hybridized carbons (Fsp3) is 0.350. The molecular weight excluding hydrogens is 465 g/mol. The zero-order valence-electron chi connectivity index (χ0n) is 15.9. The van der Waals surface area contributed by atoms with Crippen LogP contribution in [0.5, 0.6) is 0 Å². The molecule has 0 aliphatic heterocycles. The van der Waals surface area contributed by atoms with Gasteiger partial charge >= 0.3 is 5.97 Å². The van der Waals surface area contributed by atoms with E-state index in [1.807, 2.05) is 6.07 Å². The molecule has 0 spiro atoms. The van der Waals surface area contributed by atoms with E-state index in [0.717, 1.165) is 41.5 Å². The highest BCUT2D eigenvalue weighted by atomic mass is 35.5. The lowest BCUT2D eigenvalue weighted by Crippen LogP contribution is -2.13. The monoisotopic (exact) mass is 483 g/mol. The summed E-state index contributed by atoms with van der Waals surface area (Å²) in [6.07, 6.45) is 4.32. The summed E-state index contributed by atoms with van der Waals surface area (Å²) in [5.74, 6) is -0.440. The molecule has 0 amide bonds. The molecule has 0 radical (unpaired) electrons. The van der Waals surface area contributed by atoms with Crippen LogP contribution in [0.1, 0.15) is 34.7 Å². The second-order valence-corrected chi connectivity index (χ2v) is 10.5. The number of aliphatic carboxylic acids is 1. The van der Waals surface area contributed by atoms with Crippen molar-refractivity contribution in [3.05, 3.63) is 50.1 Å². The maximum Gasteiger partial charge on any atom is 0.316 e. The second kappa shape index (κ2) is 9.18. The largest absolute Gasteiger partial charge is 0.481 e. The summed E-state index contributed by atoms with van der Waals surface area (Å²) in [5.41, 5.74) is 2.24. The van der Waals surface area contributed by atoms with Crippen LogP contribution in [0, 0.1) is 0 Å². The van der Waals surface area contributed by atoms with Crippen LogP contribution >= 0.6 is 34.5 Å². The molecule has 0 saturated carbocycles. The number of carboxylic acid groups (broad SMARTS) is 1. The molecule has 0 bridgehead atoms. The van der Waals surface area contributed by atoms with Crippen LogP contribution in [0.2, 0.25) is 10.0 Å². The highest BCUT2D eigenvalue weighted by Gasteiger charge is 2.22. The molecular formula is C20H19Cl2N3O3S2. The van der Waals surface area contributed by atoms with Gasteiger partial charge in [0.15, 0.2) is 0 Å². The standard InChI is InChI=1S/C20H19Cl2N3O3S2/c21-13-6-5-11(7-14(13)22)8-23-19-18-12-3-1-2-4-15(12)29-20(18)25-16(24-19)9-30(28)10-17(26)27/h5-7H,1-4,8-10H2,(H,26,27)(H,23,24,25). The number of hydrogen-bond acceptors (Lipinski definition) is 6. The molecule has 0 fully saturated rings. The summed E-state index contributed by atoms with van der Waals surface area (Å²) in [4.78, 5) is 22.3. The lowest BCUT2D eigenvalue weighted by molar-refractivity contribution is -0.133. The van der Waals surface area contributed by atoms with Crippen LogP contribution < -0.4 is 5.32 Å². The molecule has 158 valence electrons. The van der Waals surface area contributed by atoms with Crippen molar-refractivity contribution in [2.45, 2.75) is 38.0 Å². The van der Waals surface area contributed by atoms with Gasteiger partial charge < -0.3 is 10.4 Å². The van der Waals surface area contributed by atoms with Gasteiger partial charge in [-0.25, -0.2) is 9.97 Å². The molecule has 1 unspecified atom stereocenters. The fourth-order valence-corrected chi connectivity index (χ4v) is 5.96. The van der Waals surface area contributed by atoms with Gasteiger partial charge in [0.25, 0.3) is 0 Å². The maximum atomic E-state index is 12.1. The number of rotatable bonds is 7. The van der Waals surface area contributed by atoms with E-state index in [1.165, 1.54) is 10.4 Å². The van der Waals surface area contributed by atoms with E-state index in [9.17, 15) is 9.00 Å². The maximum absolute atomic E-state index is 12.1. The third-order valence-electron chi connectivity index (χ3n) is 4.88. The lowest BCUT2D eigenvalue weighted by atomic mass is 9.97. The number of aryl methyl sites for hydroxylation is 2. The Labute approximate surface area is 190 Å². The predicted octanol–water partition coefficient (Wildman–Crippen LogP) is 4.82. The van der Waals surface area contributed by atoms with Crippen molar-refractivity contribution in [1.29, 1.82) is 0 Å². The smallest absolute Gasteiger partial charge is 0.316 e. The third kappa shape index (κ3) is 4.77. The summed E-state index contributed by atoms with van der Waals surface area (Å²) in [5, 5.41) is 14.3. The van der Waals surface area contributed by atoms with E-state index in [0.29, 0.717) is 28.2 Å². The summed E-state index contributed by atoms with van der Waals surface area (Å²) >= 11 is 13.8. The van der Waals surface area contributed by atoms with Crippen molar-refractivity contribution in [1.82, 2.24) is 9.97 Å². The van der Waals surface area contributed by atoms with Gasteiger partial charge in [0, 0.05) is 22.2 Å². The topological polar surface area (TPSA) is 92.2 Å². The first kappa shape index (κ1) is 21.5. The van der Waals surface area contributed by atoms with Crippen molar-refractivity contribution >= 4 is 67.3 Å². The number of halogens is 2. The number of aromatic nitrogens is 2. The molecule has 2 heterocycles. The molecule has 10 heteroatoms. The zero-order chi connectivity index (χ0) is 21.3. The van der Waals surface area contributed by atoms with Crippen molar-refractivity contribution in [2.24, 2.45) is 0 Å². The number of nitrogens with zero attached hydrogens (tertiary/aromatic N) is 2. The number of carbonyl (C=O) groups is 1. The number of anilines is 1. The first-order valence-corrected chi connectivity index (χ1v) is 12.5. The van der Waals surface area contributed by atoms with Crippen LogP contribution in [0.3, 0.4) is 0 Å². The van der Waals surface area contributed by atoms with Crippen molar-refractivity contribution in [3.8, 4) is 0 Å². The average molecular weight is 484 g/mol. The van der Waals surface area contributed by atoms with Crippen LogP contribution in [0.15, 0.2) is 18.2 Å². The molecule has 2 aromatic heterocycles. The number of carboxylic acids is 1. The normalized spacial score (nSPS) is 14.5. The minimum absolute atomic E-state index is 0.00621. The number of nitrogens with one attached hydrogen (secondary N) is 1. The Morgan fingerprint density at radius 1 is 1.20 bits per heavy atom. The molecule has 1 aromatic carbocycles. The molecule has 3 aromatic rings. The average Bonchev–Trinajstić information content (AvgIpc) is 3.06. The molecule has 30 heavy (non-hydrogen) atoms. The molecule has 0 saturated heterocycles. The van der Waals surface area contributed by atoms with Crippen LogP contribution in [-0.4, -0.2) is 31.0 Å². The van der Waals surface area contributed by atoms with E-state index in [2.05, 4.69) is 15.3 Å². The zero-order valence-corrected chi connectivity index (χ0v) is 19.1. The Morgan fingerprint density at radius 2 is 2.00 bits per heavy atom. The Hall–Kier alpha value is -1.74. The molecule has 4 rings (SSSR count). The van der Waals surface area contributed by atoms with Gasteiger partial charge in [-0.15, -0.1) is 11.3 Å². The number of hydrogen-bond donors (Lipinski definition) is 2. The summed E-state index contributed by atoms with van der Waals surface area (Å²) in [6, 6.07) is 5.45. The van der Waals surface area contributed by atoms with Gasteiger partial charge in [0.05, 0.1) is 21.2 Å². The van der Waals surface area contributed by atoms with Crippen LogP contribution in [0.25, 0.3) is 10.2 Å². The fourth-order valence-electron chi connectivity index (χ4n) is 3.56. The SMILES string of the molecule is O=C(O)CS(=O)Cc1nc(NCc2ccc(Cl)c(Cl)c2)c2c3c(sc2n1)CCCC3. The molecule has 6 nitrogen and oxygen atoms in total. The van der Waals surface area contributed by atoms with E-state index in [1.54, 1.807) is 23.5 Å². The van der Waals surface area contributed by atoms with Gasteiger partial charge in [-0.05, 0) is 48.9 Å². The van der Waals surface area contributed by atoms with E-state index in [4.69, 9.17) is 28.3 Å². The number of thiophene rings is 1. The van der Waals surface area contributed by atoms with Gasteiger partial charge in [-0.1, -0.05) is 29.3 Å². The second-order valence-electron chi connectivity index (χ2n) is 7.10.